The van der Waals surface area contributed by atoms with Gasteiger partial charge in [0.1, 0.15) is 11.9 Å². The molecule has 3 rings (SSSR count). The van der Waals surface area contributed by atoms with Gasteiger partial charge in [-0.25, -0.2) is 4.39 Å². The van der Waals surface area contributed by atoms with Gasteiger partial charge in [-0.3, -0.25) is 9.59 Å². The Labute approximate surface area is 226 Å². The van der Waals surface area contributed by atoms with E-state index in [9.17, 15) is 14.0 Å². The summed E-state index contributed by atoms with van der Waals surface area (Å²) < 4.78 is 14.6. The average Bonchev–Trinajstić information content (AvgIpc) is 2.87. The summed E-state index contributed by atoms with van der Waals surface area (Å²) in [6.07, 6.45) is 1.09. The van der Waals surface area contributed by atoms with E-state index in [1.54, 1.807) is 30.3 Å². The predicted molar refractivity (Wildman–Crippen MR) is 147 cm³/mol. The van der Waals surface area contributed by atoms with E-state index in [-0.39, 0.29) is 24.1 Å². The number of carbonyl (C=O) groups is 2. The van der Waals surface area contributed by atoms with E-state index < -0.39 is 11.9 Å². The number of hydrogen-bond donors (Lipinski definition) is 1. The van der Waals surface area contributed by atoms with Crippen molar-refractivity contribution >= 4 is 46.8 Å². The monoisotopic (exact) mass is 546 g/mol. The fourth-order valence-electron chi connectivity index (χ4n) is 3.70. The van der Waals surface area contributed by atoms with Crippen LogP contribution >= 0.6 is 35.0 Å². The lowest BCUT2D eigenvalue weighted by Gasteiger charge is -2.31. The summed E-state index contributed by atoms with van der Waals surface area (Å²) >= 11 is 13.6. The molecule has 0 unspecified atom stereocenters. The zero-order valence-electron chi connectivity index (χ0n) is 20.1. The largest absolute Gasteiger partial charge is 0.354 e. The Morgan fingerprint density at radius 1 is 1.00 bits per heavy atom. The van der Waals surface area contributed by atoms with Crippen molar-refractivity contribution in [1.82, 2.24) is 10.2 Å². The summed E-state index contributed by atoms with van der Waals surface area (Å²) in [6, 6.07) is 20.3. The van der Waals surface area contributed by atoms with Crippen molar-refractivity contribution in [2.75, 3.05) is 12.3 Å². The first-order valence-electron chi connectivity index (χ1n) is 11.7. The number of carbonyl (C=O) groups excluding carboxylic acids is 2. The smallest absolute Gasteiger partial charge is 0.243 e. The van der Waals surface area contributed by atoms with Gasteiger partial charge in [-0.05, 0) is 35.7 Å². The van der Waals surface area contributed by atoms with Crippen molar-refractivity contribution in [3.63, 3.8) is 0 Å². The minimum absolute atomic E-state index is 0.00911. The first-order valence-corrected chi connectivity index (χ1v) is 13.7. The van der Waals surface area contributed by atoms with Gasteiger partial charge in [-0.2, -0.15) is 0 Å². The van der Waals surface area contributed by atoms with E-state index in [1.807, 2.05) is 43.3 Å². The normalized spacial score (nSPS) is 11.7. The Morgan fingerprint density at radius 2 is 1.72 bits per heavy atom. The van der Waals surface area contributed by atoms with Crippen LogP contribution in [0.4, 0.5) is 4.39 Å². The Kier molecular flexibility index (Phi) is 11.1. The van der Waals surface area contributed by atoms with E-state index in [0.29, 0.717) is 34.3 Å². The molecule has 0 aromatic heterocycles. The van der Waals surface area contributed by atoms with Crippen LogP contribution in [0, 0.1) is 5.82 Å². The summed E-state index contributed by atoms with van der Waals surface area (Å²) in [7, 11) is 0. The van der Waals surface area contributed by atoms with Gasteiger partial charge in [0.15, 0.2) is 0 Å². The molecule has 1 N–H and O–H groups in total. The highest BCUT2D eigenvalue weighted by Crippen LogP contribution is 2.25. The maximum atomic E-state index is 14.6. The molecule has 1 atom stereocenters. The first kappa shape index (κ1) is 28.0. The molecule has 0 radical (unpaired) electrons. The highest BCUT2D eigenvalue weighted by molar-refractivity contribution is 7.99. The van der Waals surface area contributed by atoms with Crippen LogP contribution in [0.15, 0.2) is 72.8 Å². The summed E-state index contributed by atoms with van der Waals surface area (Å²) in [5, 5.41) is 4.00. The number of benzene rings is 3. The molecule has 0 saturated carbocycles. The molecule has 0 aliphatic carbocycles. The number of hydrogen-bond acceptors (Lipinski definition) is 3. The molecule has 36 heavy (non-hydrogen) atoms. The minimum atomic E-state index is -0.786. The van der Waals surface area contributed by atoms with Crippen LogP contribution in [0.25, 0.3) is 0 Å². The molecule has 3 aromatic rings. The van der Waals surface area contributed by atoms with Crippen molar-refractivity contribution in [1.29, 1.82) is 0 Å². The molecule has 0 saturated heterocycles. The molecule has 8 heteroatoms. The topological polar surface area (TPSA) is 49.4 Å². The lowest BCUT2D eigenvalue weighted by Crippen LogP contribution is -2.51. The van der Waals surface area contributed by atoms with Crippen LogP contribution in [-0.2, 0) is 28.3 Å². The maximum Gasteiger partial charge on any atom is 0.243 e. The van der Waals surface area contributed by atoms with Crippen molar-refractivity contribution in [2.24, 2.45) is 0 Å². The number of rotatable bonds is 12. The molecule has 4 nitrogen and oxygen atoms in total. The minimum Gasteiger partial charge on any atom is -0.354 e. The van der Waals surface area contributed by atoms with Crippen molar-refractivity contribution in [3.8, 4) is 0 Å². The SMILES string of the molecule is CCCNC(=O)[C@@H](Cc1ccccc1)N(Cc1ccccc1F)C(=O)CSCc1ccc(Cl)cc1Cl. The average molecular weight is 548 g/mol. The summed E-state index contributed by atoms with van der Waals surface area (Å²) in [6.45, 7) is 2.45. The van der Waals surface area contributed by atoms with Crippen molar-refractivity contribution < 1.29 is 14.0 Å². The van der Waals surface area contributed by atoms with E-state index in [1.165, 1.54) is 22.7 Å². The Morgan fingerprint density at radius 3 is 2.42 bits per heavy atom. The second kappa shape index (κ2) is 14.3. The van der Waals surface area contributed by atoms with Crippen LogP contribution in [0.1, 0.15) is 30.0 Å². The van der Waals surface area contributed by atoms with E-state index in [4.69, 9.17) is 23.2 Å². The van der Waals surface area contributed by atoms with E-state index in [2.05, 4.69) is 5.32 Å². The van der Waals surface area contributed by atoms with E-state index in [0.717, 1.165) is 17.5 Å². The first-order chi connectivity index (χ1) is 17.4. The molecule has 0 spiro atoms. The molecule has 2 amide bonds. The van der Waals surface area contributed by atoms with Crippen LogP contribution in [0.5, 0.6) is 0 Å². The zero-order valence-corrected chi connectivity index (χ0v) is 22.4. The number of nitrogens with one attached hydrogen (secondary N) is 1. The molecular weight excluding hydrogens is 518 g/mol. The molecule has 0 fully saturated rings. The highest BCUT2D eigenvalue weighted by Gasteiger charge is 2.30. The standard InChI is InChI=1S/C28H29Cl2FN2O2S/c1-2-14-32-28(35)26(15-20-8-4-3-5-9-20)33(17-21-10-6-7-11-25(21)31)27(34)19-36-18-22-12-13-23(29)16-24(22)30/h3-13,16,26H,2,14-15,17-19H2,1H3,(H,32,35)/t26-/m1/s1. The maximum absolute atomic E-state index is 14.6. The van der Waals surface area contributed by atoms with Gasteiger partial charge in [-0.15, -0.1) is 11.8 Å². The zero-order chi connectivity index (χ0) is 25.9. The molecule has 0 bridgehead atoms. The lowest BCUT2D eigenvalue weighted by molar-refractivity contribution is -0.139. The van der Waals surface area contributed by atoms with Crippen molar-refractivity contribution in [2.45, 2.75) is 38.1 Å². The fraction of sp³-hybridized carbons (Fsp3) is 0.286. The second-order valence-electron chi connectivity index (χ2n) is 8.34. The van der Waals surface area contributed by atoms with Crippen LogP contribution in [-0.4, -0.2) is 35.1 Å². The summed E-state index contributed by atoms with van der Waals surface area (Å²) in [5.41, 5.74) is 2.14. The molecule has 3 aromatic carbocycles. The molecule has 190 valence electrons. The number of halogens is 3. The third-order valence-corrected chi connectivity index (χ3v) is 7.17. The van der Waals surface area contributed by atoms with Gasteiger partial charge in [-0.1, -0.05) is 84.7 Å². The number of nitrogens with zero attached hydrogens (tertiary/aromatic N) is 1. The lowest BCUT2D eigenvalue weighted by atomic mass is 10.0. The summed E-state index contributed by atoms with van der Waals surface area (Å²) in [4.78, 5) is 28.3. The molecule has 0 aliphatic heterocycles. The van der Waals surface area contributed by atoms with Gasteiger partial charge < -0.3 is 10.2 Å². The quantitative estimate of drug-likeness (QED) is 0.281. The van der Waals surface area contributed by atoms with Crippen LogP contribution in [0.2, 0.25) is 10.0 Å². The third kappa shape index (κ3) is 8.26. The second-order valence-corrected chi connectivity index (χ2v) is 10.2. The van der Waals surface area contributed by atoms with E-state index >= 15 is 0 Å². The van der Waals surface area contributed by atoms with Crippen LogP contribution in [0.3, 0.4) is 0 Å². The Balaban J connectivity index is 1.84. The third-order valence-electron chi connectivity index (χ3n) is 5.62. The number of thioether (sulfide) groups is 1. The van der Waals surface area contributed by atoms with Gasteiger partial charge >= 0.3 is 0 Å². The van der Waals surface area contributed by atoms with Gasteiger partial charge in [0, 0.05) is 40.9 Å². The number of amides is 2. The van der Waals surface area contributed by atoms with Gasteiger partial charge in [0.05, 0.1) is 5.75 Å². The summed E-state index contributed by atoms with van der Waals surface area (Å²) in [5.74, 6) is -0.305. The molecule has 0 aliphatic rings. The molecular formula is C28H29Cl2FN2O2S. The van der Waals surface area contributed by atoms with Gasteiger partial charge in [0.25, 0.3) is 0 Å². The highest BCUT2D eigenvalue weighted by atomic mass is 35.5. The van der Waals surface area contributed by atoms with Crippen molar-refractivity contribution in [3.05, 3.63) is 105 Å². The fourth-order valence-corrected chi connectivity index (χ4v) is 5.17. The van der Waals surface area contributed by atoms with Gasteiger partial charge in [0.2, 0.25) is 11.8 Å². The molecule has 0 heterocycles. The Hall–Kier alpha value is -2.54. The Bertz CT molecular complexity index is 1160. The van der Waals surface area contributed by atoms with Crippen LogP contribution < -0.4 is 5.32 Å². The predicted octanol–water partition coefficient (Wildman–Crippen LogP) is 6.53.